The third-order valence-corrected chi connectivity index (χ3v) is 3.03. The molecule has 0 aliphatic rings. The van der Waals surface area contributed by atoms with Crippen molar-refractivity contribution in [1.29, 1.82) is 0 Å². The molecule has 4 nitrogen and oxygen atoms in total. The van der Waals surface area contributed by atoms with Crippen LogP contribution in [0.2, 0.25) is 0 Å². The fourth-order valence-corrected chi connectivity index (χ4v) is 1.83. The monoisotopic (exact) mass is 237 g/mol. The van der Waals surface area contributed by atoms with Crippen molar-refractivity contribution in [2.24, 2.45) is 0 Å². The molecule has 0 saturated heterocycles. The van der Waals surface area contributed by atoms with E-state index in [2.05, 4.69) is 21.5 Å². The van der Waals surface area contributed by atoms with E-state index < -0.39 is 0 Å². The molecule has 1 heterocycles. The number of hydrogen-bond donors (Lipinski definition) is 2. The highest BCUT2D eigenvalue weighted by molar-refractivity contribution is 7.09. The van der Waals surface area contributed by atoms with E-state index in [0.717, 1.165) is 0 Å². The molecular weight excluding hydrogens is 222 g/mol. The number of aromatic nitrogens is 1. The van der Waals surface area contributed by atoms with Crippen LogP contribution in [0.5, 0.6) is 0 Å². The second kappa shape index (κ2) is 6.99. The molecule has 2 N–H and O–H groups in total. The molecule has 0 aliphatic carbocycles. The van der Waals surface area contributed by atoms with Crippen molar-refractivity contribution in [3.8, 4) is 12.3 Å². The molecule has 0 aliphatic heterocycles. The molecule has 0 fully saturated rings. The van der Waals surface area contributed by atoms with Gasteiger partial charge >= 0.3 is 0 Å². The number of carbonyl (C=O) groups is 1. The summed E-state index contributed by atoms with van der Waals surface area (Å²) in [4.78, 5) is 16.4. The molecule has 0 saturated carbocycles. The van der Waals surface area contributed by atoms with Crippen LogP contribution in [-0.2, 0) is 4.79 Å². The van der Waals surface area contributed by atoms with E-state index in [1.54, 1.807) is 16.8 Å². The van der Waals surface area contributed by atoms with E-state index in [1.807, 2.05) is 13.1 Å². The number of nitrogens with one attached hydrogen (secondary N) is 2. The Morgan fingerprint density at radius 1 is 1.75 bits per heavy atom. The Hall–Kier alpha value is -1.38. The zero-order chi connectivity index (χ0) is 11.8. The van der Waals surface area contributed by atoms with Gasteiger partial charge < -0.3 is 10.6 Å². The molecule has 1 aromatic heterocycles. The predicted molar refractivity (Wildman–Crippen MR) is 65.0 cm³/mol. The van der Waals surface area contributed by atoms with E-state index >= 15 is 0 Å². The highest BCUT2D eigenvalue weighted by Crippen LogP contribution is 2.15. The lowest BCUT2D eigenvalue weighted by Crippen LogP contribution is -2.28. The summed E-state index contributed by atoms with van der Waals surface area (Å²) in [5.74, 6) is 2.34. The lowest BCUT2D eigenvalue weighted by atomic mass is 10.3. The Labute approximate surface area is 99.5 Å². The van der Waals surface area contributed by atoms with Crippen LogP contribution in [0, 0.1) is 12.3 Å². The van der Waals surface area contributed by atoms with Crippen LogP contribution in [0.15, 0.2) is 11.7 Å². The lowest BCUT2D eigenvalue weighted by Gasteiger charge is -2.10. The molecule has 1 aromatic rings. The minimum Gasteiger partial charge on any atom is -0.345 e. The first-order valence-electron chi connectivity index (χ1n) is 5.06. The van der Waals surface area contributed by atoms with E-state index in [1.165, 1.54) is 4.88 Å². The zero-order valence-corrected chi connectivity index (χ0v) is 10.0. The second-order valence-corrected chi connectivity index (χ2v) is 4.23. The maximum Gasteiger partial charge on any atom is 0.222 e. The van der Waals surface area contributed by atoms with Crippen molar-refractivity contribution in [3.63, 3.8) is 0 Å². The Morgan fingerprint density at radius 2 is 2.56 bits per heavy atom. The standard InChI is InChI=1S/C11H15N3OS/c1-3-5-14-11(15)4-6-13-9(2)10-7-12-8-16-10/h1,7-9,13H,4-6H2,2H3,(H,14,15). The van der Waals surface area contributed by atoms with E-state index in [0.29, 0.717) is 19.5 Å². The van der Waals surface area contributed by atoms with Gasteiger partial charge in [-0.25, -0.2) is 0 Å². The number of carbonyl (C=O) groups excluding carboxylic acids is 1. The summed E-state index contributed by atoms with van der Waals surface area (Å²) in [6, 6.07) is 0.230. The fourth-order valence-electron chi connectivity index (χ4n) is 1.18. The van der Waals surface area contributed by atoms with E-state index in [-0.39, 0.29) is 11.9 Å². The SMILES string of the molecule is C#CCNC(=O)CCNC(C)c1cncs1. The van der Waals surface area contributed by atoms with Crippen molar-refractivity contribution >= 4 is 17.2 Å². The number of thiazole rings is 1. The molecule has 5 heteroatoms. The number of hydrogen-bond acceptors (Lipinski definition) is 4. The summed E-state index contributed by atoms with van der Waals surface area (Å²) in [6.07, 6.45) is 7.30. The van der Waals surface area contributed by atoms with Crippen LogP contribution in [0.1, 0.15) is 24.3 Å². The predicted octanol–water partition coefficient (Wildman–Crippen LogP) is 0.933. The van der Waals surface area contributed by atoms with Gasteiger partial charge in [0.25, 0.3) is 0 Å². The van der Waals surface area contributed by atoms with Gasteiger partial charge in [-0.1, -0.05) is 5.92 Å². The summed E-state index contributed by atoms with van der Waals surface area (Å²) in [5.41, 5.74) is 1.80. The molecule has 1 amide bonds. The van der Waals surface area contributed by atoms with Gasteiger partial charge in [-0.3, -0.25) is 9.78 Å². The van der Waals surface area contributed by atoms with Crippen molar-refractivity contribution in [2.75, 3.05) is 13.1 Å². The first-order chi connectivity index (χ1) is 7.74. The summed E-state index contributed by atoms with van der Waals surface area (Å²) < 4.78 is 0. The fraction of sp³-hybridized carbons (Fsp3) is 0.455. The van der Waals surface area contributed by atoms with Crippen molar-refractivity contribution in [1.82, 2.24) is 15.6 Å². The number of rotatable bonds is 6. The average Bonchev–Trinajstić information content (AvgIpc) is 2.79. The molecule has 0 spiro atoms. The number of nitrogens with zero attached hydrogens (tertiary/aromatic N) is 1. The average molecular weight is 237 g/mol. The molecule has 86 valence electrons. The quantitative estimate of drug-likeness (QED) is 0.724. The largest absolute Gasteiger partial charge is 0.345 e. The third-order valence-electron chi connectivity index (χ3n) is 2.07. The smallest absolute Gasteiger partial charge is 0.222 e. The molecule has 1 rings (SSSR count). The molecular formula is C11H15N3OS. The van der Waals surface area contributed by atoms with Crippen molar-refractivity contribution < 1.29 is 4.79 Å². The van der Waals surface area contributed by atoms with E-state index in [4.69, 9.17) is 6.42 Å². The minimum absolute atomic E-state index is 0.0260. The molecule has 0 radical (unpaired) electrons. The minimum atomic E-state index is -0.0260. The normalized spacial score (nSPS) is 11.8. The van der Waals surface area contributed by atoms with E-state index in [9.17, 15) is 4.79 Å². The number of terminal acetylenes is 1. The van der Waals surface area contributed by atoms with Gasteiger partial charge in [0.1, 0.15) is 0 Å². The Balaban J connectivity index is 2.16. The molecule has 0 aromatic carbocycles. The van der Waals surface area contributed by atoms with Gasteiger partial charge in [0.2, 0.25) is 5.91 Å². The lowest BCUT2D eigenvalue weighted by molar-refractivity contribution is -0.120. The van der Waals surface area contributed by atoms with Crippen molar-refractivity contribution in [3.05, 3.63) is 16.6 Å². The Bertz CT molecular complexity index is 356. The third kappa shape index (κ3) is 4.43. The summed E-state index contributed by atoms with van der Waals surface area (Å²) in [5, 5.41) is 5.87. The topological polar surface area (TPSA) is 54.0 Å². The first kappa shape index (κ1) is 12.7. The van der Waals surface area contributed by atoms with Crippen LogP contribution in [0.25, 0.3) is 0 Å². The Morgan fingerprint density at radius 3 is 3.19 bits per heavy atom. The molecule has 1 unspecified atom stereocenters. The Kier molecular flexibility index (Phi) is 5.54. The first-order valence-corrected chi connectivity index (χ1v) is 5.94. The zero-order valence-electron chi connectivity index (χ0n) is 9.19. The van der Waals surface area contributed by atoms with Gasteiger partial charge in [-0.15, -0.1) is 17.8 Å². The van der Waals surface area contributed by atoms with Crippen LogP contribution in [-0.4, -0.2) is 24.0 Å². The van der Waals surface area contributed by atoms with Gasteiger partial charge in [0.15, 0.2) is 0 Å². The highest BCUT2D eigenvalue weighted by Gasteiger charge is 2.06. The van der Waals surface area contributed by atoms with Crippen LogP contribution < -0.4 is 10.6 Å². The van der Waals surface area contributed by atoms with Crippen LogP contribution in [0.3, 0.4) is 0 Å². The van der Waals surface area contributed by atoms with Crippen LogP contribution in [0.4, 0.5) is 0 Å². The van der Waals surface area contributed by atoms with Crippen molar-refractivity contribution in [2.45, 2.75) is 19.4 Å². The van der Waals surface area contributed by atoms with Gasteiger partial charge in [0, 0.05) is 30.1 Å². The molecule has 0 bridgehead atoms. The number of amides is 1. The van der Waals surface area contributed by atoms with Gasteiger partial charge in [-0.2, -0.15) is 0 Å². The molecule has 1 atom stereocenters. The molecule has 16 heavy (non-hydrogen) atoms. The summed E-state index contributed by atoms with van der Waals surface area (Å²) in [7, 11) is 0. The summed E-state index contributed by atoms with van der Waals surface area (Å²) in [6.45, 7) is 2.98. The summed E-state index contributed by atoms with van der Waals surface area (Å²) >= 11 is 1.60. The van der Waals surface area contributed by atoms with Crippen LogP contribution >= 0.6 is 11.3 Å². The van der Waals surface area contributed by atoms with Gasteiger partial charge in [0.05, 0.1) is 12.1 Å². The maximum absolute atomic E-state index is 11.2. The highest BCUT2D eigenvalue weighted by atomic mass is 32.1. The maximum atomic E-state index is 11.2. The second-order valence-electron chi connectivity index (χ2n) is 3.31. The van der Waals surface area contributed by atoms with Gasteiger partial charge in [-0.05, 0) is 6.92 Å².